The Kier molecular flexibility index (Phi) is 5.42. The standard InChI is InChI=1S/C18H23F2NO4/c1-11(23)21-8-14(6-15(21)9-22)13-4-5-16(25-18(19)20)17(7-13)24-10-12-2-3-12/h4-5,7,12,14-15,18,22H,2-3,6,8-10H2,1H3/t14-,15-/m1/s1. The predicted octanol–water partition coefficient (Wildman–Crippen LogP) is 2.77. The Morgan fingerprint density at radius 3 is 2.68 bits per heavy atom. The quantitative estimate of drug-likeness (QED) is 0.817. The molecule has 138 valence electrons. The van der Waals surface area contributed by atoms with Crippen molar-refractivity contribution in [2.45, 2.75) is 44.8 Å². The highest BCUT2D eigenvalue weighted by Crippen LogP contribution is 2.38. The molecule has 7 heteroatoms. The number of halogens is 2. The molecule has 0 unspecified atom stereocenters. The van der Waals surface area contributed by atoms with Gasteiger partial charge in [-0.2, -0.15) is 8.78 Å². The van der Waals surface area contributed by atoms with Crippen LogP contribution in [0.15, 0.2) is 18.2 Å². The van der Waals surface area contributed by atoms with Crippen molar-refractivity contribution < 1.29 is 28.2 Å². The maximum absolute atomic E-state index is 12.6. The van der Waals surface area contributed by atoms with E-state index in [1.165, 1.54) is 13.0 Å². The molecule has 5 nitrogen and oxygen atoms in total. The van der Waals surface area contributed by atoms with E-state index in [-0.39, 0.29) is 30.2 Å². The summed E-state index contributed by atoms with van der Waals surface area (Å²) < 4.78 is 35.5. The average molecular weight is 355 g/mol. The molecule has 3 rings (SSSR count). The number of nitrogens with zero attached hydrogens (tertiary/aromatic N) is 1. The van der Waals surface area contributed by atoms with Crippen molar-refractivity contribution in [1.82, 2.24) is 4.90 Å². The second-order valence-corrected chi connectivity index (χ2v) is 6.78. The van der Waals surface area contributed by atoms with Crippen LogP contribution in [-0.4, -0.2) is 48.3 Å². The first-order chi connectivity index (χ1) is 12.0. The van der Waals surface area contributed by atoms with Crippen LogP contribution in [0.4, 0.5) is 8.78 Å². The molecule has 1 N–H and O–H groups in total. The van der Waals surface area contributed by atoms with Crippen LogP contribution in [0.1, 0.15) is 37.7 Å². The molecule has 1 amide bonds. The first kappa shape index (κ1) is 17.9. The number of aliphatic hydroxyl groups is 1. The molecular weight excluding hydrogens is 332 g/mol. The second-order valence-electron chi connectivity index (χ2n) is 6.78. The molecule has 2 atom stereocenters. The number of likely N-dealkylation sites (tertiary alicyclic amines) is 1. The lowest BCUT2D eigenvalue weighted by Gasteiger charge is -2.20. The second kappa shape index (κ2) is 7.56. The van der Waals surface area contributed by atoms with Crippen LogP contribution in [0.2, 0.25) is 0 Å². The number of ether oxygens (including phenoxy) is 2. The summed E-state index contributed by atoms with van der Waals surface area (Å²) in [5, 5.41) is 9.48. The van der Waals surface area contributed by atoms with Gasteiger partial charge in [0.1, 0.15) is 0 Å². The van der Waals surface area contributed by atoms with Crippen molar-refractivity contribution in [3.05, 3.63) is 23.8 Å². The number of rotatable bonds is 7. The van der Waals surface area contributed by atoms with Gasteiger partial charge in [0.25, 0.3) is 0 Å². The maximum Gasteiger partial charge on any atom is 0.387 e. The van der Waals surface area contributed by atoms with Gasteiger partial charge in [0.15, 0.2) is 11.5 Å². The molecule has 1 saturated heterocycles. The third-order valence-corrected chi connectivity index (χ3v) is 4.86. The monoisotopic (exact) mass is 355 g/mol. The van der Waals surface area contributed by atoms with E-state index < -0.39 is 6.61 Å². The van der Waals surface area contributed by atoms with Gasteiger partial charge >= 0.3 is 6.61 Å². The summed E-state index contributed by atoms with van der Waals surface area (Å²) in [4.78, 5) is 13.4. The molecule has 2 fully saturated rings. The molecule has 1 aromatic rings. The van der Waals surface area contributed by atoms with E-state index in [9.17, 15) is 18.7 Å². The predicted molar refractivity (Wildman–Crippen MR) is 86.9 cm³/mol. The number of carbonyl (C=O) groups excluding carboxylic acids is 1. The summed E-state index contributed by atoms with van der Waals surface area (Å²) in [5.41, 5.74) is 0.898. The third-order valence-electron chi connectivity index (χ3n) is 4.86. The van der Waals surface area contributed by atoms with Gasteiger partial charge in [-0.1, -0.05) is 6.07 Å². The summed E-state index contributed by atoms with van der Waals surface area (Å²) >= 11 is 0. The summed E-state index contributed by atoms with van der Waals surface area (Å²) in [5.74, 6) is 0.780. The average Bonchev–Trinajstić information content (AvgIpc) is 3.29. The Morgan fingerprint density at radius 1 is 1.36 bits per heavy atom. The first-order valence-electron chi connectivity index (χ1n) is 8.57. The lowest BCUT2D eigenvalue weighted by atomic mass is 9.96. The van der Waals surface area contributed by atoms with Crippen molar-refractivity contribution in [1.29, 1.82) is 0 Å². The van der Waals surface area contributed by atoms with Crippen molar-refractivity contribution >= 4 is 5.91 Å². The normalized spacial score (nSPS) is 23.2. The van der Waals surface area contributed by atoms with Crippen LogP contribution in [-0.2, 0) is 4.79 Å². The molecule has 1 aliphatic heterocycles. The summed E-state index contributed by atoms with van der Waals surface area (Å²) in [7, 11) is 0. The van der Waals surface area contributed by atoms with Crippen molar-refractivity contribution in [2.75, 3.05) is 19.8 Å². The van der Waals surface area contributed by atoms with E-state index in [1.807, 2.05) is 0 Å². The summed E-state index contributed by atoms with van der Waals surface area (Å²) in [6, 6.07) is 4.73. The Hall–Kier alpha value is -1.89. The van der Waals surface area contributed by atoms with Crippen molar-refractivity contribution in [3.8, 4) is 11.5 Å². The van der Waals surface area contributed by atoms with Crippen molar-refractivity contribution in [2.24, 2.45) is 5.92 Å². The fourth-order valence-corrected chi connectivity index (χ4v) is 3.29. The molecule has 0 aromatic heterocycles. The SMILES string of the molecule is CC(=O)N1C[C@H](c2ccc(OC(F)F)c(OCC3CC3)c2)C[C@@H]1CO. The van der Waals surface area contributed by atoms with E-state index in [0.29, 0.717) is 31.2 Å². The van der Waals surface area contributed by atoms with Gasteiger partial charge in [-0.25, -0.2) is 0 Å². The molecule has 1 aliphatic carbocycles. The maximum atomic E-state index is 12.6. The van der Waals surface area contributed by atoms with Gasteiger partial charge in [-0.15, -0.1) is 0 Å². The van der Waals surface area contributed by atoms with Crippen LogP contribution >= 0.6 is 0 Å². The molecule has 25 heavy (non-hydrogen) atoms. The molecule has 0 spiro atoms. The Morgan fingerprint density at radius 2 is 2.12 bits per heavy atom. The first-order valence-corrected chi connectivity index (χ1v) is 8.57. The number of amides is 1. The fraction of sp³-hybridized carbons (Fsp3) is 0.611. The van der Waals surface area contributed by atoms with Crippen molar-refractivity contribution in [3.63, 3.8) is 0 Å². The number of benzene rings is 1. The van der Waals surface area contributed by atoms with Gasteiger partial charge in [-0.05, 0) is 42.9 Å². The minimum absolute atomic E-state index is 0.0273. The third kappa shape index (κ3) is 4.39. The molecule has 1 saturated carbocycles. The fourth-order valence-electron chi connectivity index (χ4n) is 3.29. The van der Waals surface area contributed by atoms with Gasteiger partial charge in [0.05, 0.1) is 19.3 Å². The van der Waals surface area contributed by atoms with E-state index in [1.54, 1.807) is 17.0 Å². The Balaban J connectivity index is 1.78. The van der Waals surface area contributed by atoms with E-state index >= 15 is 0 Å². The molecule has 1 aromatic carbocycles. The lowest BCUT2D eigenvalue weighted by molar-refractivity contribution is -0.130. The molecule has 1 heterocycles. The summed E-state index contributed by atoms with van der Waals surface area (Å²) in [6.45, 7) is -0.528. The molecule has 2 aliphatic rings. The van der Waals surface area contributed by atoms with Crippen LogP contribution < -0.4 is 9.47 Å². The van der Waals surface area contributed by atoms with Gasteiger partial charge in [0, 0.05) is 19.4 Å². The zero-order valence-corrected chi connectivity index (χ0v) is 14.2. The minimum Gasteiger partial charge on any atom is -0.489 e. The topological polar surface area (TPSA) is 59.0 Å². The minimum atomic E-state index is -2.91. The zero-order valence-electron chi connectivity index (χ0n) is 14.2. The molecule has 0 bridgehead atoms. The highest BCUT2D eigenvalue weighted by molar-refractivity contribution is 5.74. The number of hydrogen-bond acceptors (Lipinski definition) is 4. The number of alkyl halides is 2. The van der Waals surface area contributed by atoms with Crippen LogP contribution in [0, 0.1) is 5.92 Å². The van der Waals surface area contributed by atoms with Gasteiger partial charge < -0.3 is 19.5 Å². The van der Waals surface area contributed by atoms with Crippen LogP contribution in [0.25, 0.3) is 0 Å². The smallest absolute Gasteiger partial charge is 0.387 e. The lowest BCUT2D eigenvalue weighted by Crippen LogP contribution is -2.35. The van der Waals surface area contributed by atoms with Crippen LogP contribution in [0.3, 0.4) is 0 Å². The largest absolute Gasteiger partial charge is 0.489 e. The van der Waals surface area contributed by atoms with E-state index in [0.717, 1.165) is 18.4 Å². The number of aliphatic hydroxyl groups excluding tert-OH is 1. The Labute approximate surface area is 145 Å². The van der Waals surface area contributed by atoms with E-state index in [4.69, 9.17) is 4.74 Å². The molecule has 0 radical (unpaired) electrons. The number of carbonyl (C=O) groups is 1. The Bertz CT molecular complexity index is 621. The zero-order chi connectivity index (χ0) is 18.0. The molecular formula is C18H23F2NO4. The van der Waals surface area contributed by atoms with Gasteiger partial charge in [-0.3, -0.25) is 4.79 Å². The van der Waals surface area contributed by atoms with Gasteiger partial charge in [0.2, 0.25) is 5.91 Å². The van der Waals surface area contributed by atoms with E-state index in [2.05, 4.69) is 4.74 Å². The van der Waals surface area contributed by atoms with Crippen LogP contribution in [0.5, 0.6) is 11.5 Å². The highest BCUT2D eigenvalue weighted by Gasteiger charge is 2.34. The number of hydrogen-bond donors (Lipinski definition) is 1. The summed E-state index contributed by atoms with van der Waals surface area (Å²) in [6.07, 6.45) is 2.82. The highest BCUT2D eigenvalue weighted by atomic mass is 19.3.